The Morgan fingerprint density at radius 3 is 1.59 bits per heavy atom. The number of ketones is 1. The van der Waals surface area contributed by atoms with Gasteiger partial charge >= 0.3 is 5.97 Å². The molecule has 0 aliphatic carbocycles. The summed E-state index contributed by atoms with van der Waals surface area (Å²) in [5.74, 6) is -0.388. The minimum absolute atomic E-state index is 0.0304. The monoisotopic (exact) mass is 363 g/mol. The Labute approximate surface area is 153 Å². The van der Waals surface area contributed by atoms with Crippen LogP contribution in [0.2, 0.25) is 0 Å². The molecule has 0 fully saturated rings. The van der Waals surface area contributed by atoms with Crippen LogP contribution in [-0.4, -0.2) is 21.8 Å². The largest absolute Gasteiger partial charge is 0.478 e. The number of nitro groups is 1. The average Bonchev–Trinajstić information content (AvgIpc) is 2.68. The molecule has 3 aromatic rings. The maximum atomic E-state index is 12.4. The molecule has 1 N–H and O–H groups in total. The maximum Gasteiger partial charge on any atom is 0.335 e. The molecule has 134 valence electrons. The highest BCUT2D eigenvalue weighted by atomic mass is 16.6. The number of carboxylic acids is 1. The molecular weight excluding hydrogens is 350 g/mol. The second-order valence-electron chi connectivity index (χ2n) is 5.59. The van der Waals surface area contributed by atoms with Crippen LogP contribution in [0, 0.1) is 10.1 Å². The van der Waals surface area contributed by atoms with Crippen LogP contribution in [0.3, 0.4) is 0 Å². The number of carboxylic acid groups (broad SMARTS) is 1. The summed E-state index contributed by atoms with van der Waals surface area (Å²) in [5.41, 5.74) is 0.883. The van der Waals surface area contributed by atoms with Crippen LogP contribution in [0.5, 0.6) is 11.5 Å². The van der Waals surface area contributed by atoms with Crippen molar-refractivity contribution >= 4 is 17.4 Å². The zero-order valence-electron chi connectivity index (χ0n) is 13.9. The fourth-order valence-electron chi connectivity index (χ4n) is 2.38. The van der Waals surface area contributed by atoms with Crippen molar-refractivity contribution in [1.29, 1.82) is 0 Å². The molecule has 0 heterocycles. The quantitative estimate of drug-likeness (QED) is 0.397. The third-order valence-corrected chi connectivity index (χ3v) is 3.79. The van der Waals surface area contributed by atoms with Gasteiger partial charge in [0.15, 0.2) is 5.78 Å². The van der Waals surface area contributed by atoms with Crippen LogP contribution >= 0.6 is 0 Å². The number of nitro benzene ring substituents is 1. The molecule has 0 saturated carbocycles. The Kier molecular flexibility index (Phi) is 4.94. The highest BCUT2D eigenvalue weighted by Crippen LogP contribution is 2.24. The summed E-state index contributed by atoms with van der Waals surface area (Å²) in [6.07, 6.45) is 0. The summed E-state index contributed by atoms with van der Waals surface area (Å²) in [4.78, 5) is 33.5. The molecule has 0 radical (unpaired) electrons. The van der Waals surface area contributed by atoms with E-state index in [1.165, 1.54) is 48.5 Å². The highest BCUT2D eigenvalue weighted by Gasteiger charge is 2.11. The molecule has 0 amide bonds. The lowest BCUT2D eigenvalue weighted by molar-refractivity contribution is -0.384. The van der Waals surface area contributed by atoms with Crippen molar-refractivity contribution in [3.63, 3.8) is 0 Å². The normalized spacial score (nSPS) is 10.2. The first-order valence-corrected chi connectivity index (χ1v) is 7.84. The summed E-state index contributed by atoms with van der Waals surface area (Å²) in [6, 6.07) is 17.7. The topological polar surface area (TPSA) is 107 Å². The minimum atomic E-state index is -1.05. The molecule has 0 aromatic heterocycles. The summed E-state index contributed by atoms with van der Waals surface area (Å²) >= 11 is 0. The SMILES string of the molecule is O=C(O)c1ccc(C(=O)c2ccc(Oc3ccc([N+](=O)[O-])cc3)cc2)cc1. The van der Waals surface area contributed by atoms with Crippen molar-refractivity contribution in [2.45, 2.75) is 0 Å². The van der Waals surface area contributed by atoms with Gasteiger partial charge in [0.05, 0.1) is 10.5 Å². The van der Waals surface area contributed by atoms with Gasteiger partial charge in [-0.05, 0) is 48.5 Å². The molecule has 0 aliphatic heterocycles. The number of nitrogens with zero attached hydrogens (tertiary/aromatic N) is 1. The van der Waals surface area contributed by atoms with Crippen molar-refractivity contribution in [3.8, 4) is 11.5 Å². The van der Waals surface area contributed by atoms with Crippen LogP contribution in [0.4, 0.5) is 5.69 Å². The number of ether oxygens (including phenoxy) is 1. The second kappa shape index (κ2) is 7.49. The molecule has 7 nitrogen and oxygen atoms in total. The third kappa shape index (κ3) is 4.16. The summed E-state index contributed by atoms with van der Waals surface area (Å²) in [7, 11) is 0. The zero-order chi connectivity index (χ0) is 19.4. The Bertz CT molecular complexity index is 992. The lowest BCUT2D eigenvalue weighted by atomic mass is 10.0. The molecule has 0 bridgehead atoms. The van der Waals surface area contributed by atoms with Gasteiger partial charge in [-0.3, -0.25) is 14.9 Å². The van der Waals surface area contributed by atoms with E-state index in [9.17, 15) is 19.7 Å². The number of rotatable bonds is 6. The number of carbonyl (C=O) groups is 2. The Hall–Kier alpha value is -4.00. The van der Waals surface area contributed by atoms with Gasteiger partial charge in [0, 0.05) is 23.3 Å². The standard InChI is InChI=1S/C20H13NO6/c22-19(13-1-3-15(4-2-13)20(23)24)14-5-9-17(10-6-14)27-18-11-7-16(8-12-18)21(25)26/h1-12H,(H,23,24). The fourth-order valence-corrected chi connectivity index (χ4v) is 2.38. The van der Waals surface area contributed by atoms with E-state index in [1.54, 1.807) is 24.3 Å². The van der Waals surface area contributed by atoms with Gasteiger partial charge < -0.3 is 9.84 Å². The second-order valence-corrected chi connectivity index (χ2v) is 5.59. The number of benzene rings is 3. The maximum absolute atomic E-state index is 12.4. The minimum Gasteiger partial charge on any atom is -0.478 e. The van der Waals surface area contributed by atoms with Gasteiger partial charge in [-0.2, -0.15) is 0 Å². The number of carbonyl (C=O) groups excluding carboxylic acids is 1. The molecule has 0 unspecified atom stereocenters. The summed E-state index contributed by atoms with van der Waals surface area (Å²) in [5, 5.41) is 19.5. The zero-order valence-corrected chi connectivity index (χ0v) is 13.9. The van der Waals surface area contributed by atoms with Gasteiger partial charge in [-0.15, -0.1) is 0 Å². The van der Waals surface area contributed by atoms with Crippen molar-refractivity contribution in [2.24, 2.45) is 0 Å². The van der Waals surface area contributed by atoms with Crippen LogP contribution in [0.15, 0.2) is 72.8 Å². The lowest BCUT2D eigenvalue weighted by Gasteiger charge is -2.07. The molecule has 0 saturated heterocycles. The Balaban J connectivity index is 1.71. The fraction of sp³-hybridized carbons (Fsp3) is 0. The number of non-ortho nitro benzene ring substituents is 1. The predicted molar refractivity (Wildman–Crippen MR) is 96.4 cm³/mol. The first-order valence-electron chi connectivity index (χ1n) is 7.84. The molecule has 0 spiro atoms. The molecule has 3 aromatic carbocycles. The van der Waals surface area contributed by atoms with Crippen LogP contribution in [0.25, 0.3) is 0 Å². The molecule has 0 atom stereocenters. The lowest BCUT2D eigenvalue weighted by Crippen LogP contribution is -2.02. The first-order chi connectivity index (χ1) is 12.9. The van der Waals surface area contributed by atoms with Gasteiger partial charge in [-0.1, -0.05) is 12.1 Å². The Morgan fingerprint density at radius 2 is 1.15 bits per heavy atom. The van der Waals surface area contributed by atoms with Crippen molar-refractivity contribution in [1.82, 2.24) is 0 Å². The summed E-state index contributed by atoms with van der Waals surface area (Å²) in [6.45, 7) is 0. The summed E-state index contributed by atoms with van der Waals surface area (Å²) < 4.78 is 5.60. The number of aromatic carboxylic acids is 1. The van der Waals surface area contributed by atoms with Crippen LogP contribution in [-0.2, 0) is 0 Å². The predicted octanol–water partition coefficient (Wildman–Crippen LogP) is 4.32. The molecule has 3 rings (SSSR count). The van der Waals surface area contributed by atoms with E-state index >= 15 is 0 Å². The molecule has 7 heteroatoms. The Morgan fingerprint density at radius 1 is 0.741 bits per heavy atom. The van der Waals surface area contributed by atoms with Gasteiger partial charge in [-0.25, -0.2) is 4.79 Å². The van der Waals surface area contributed by atoms with E-state index in [1.807, 2.05) is 0 Å². The van der Waals surface area contributed by atoms with Gasteiger partial charge in [0.2, 0.25) is 0 Å². The van der Waals surface area contributed by atoms with Crippen LogP contribution < -0.4 is 4.74 Å². The van der Waals surface area contributed by atoms with E-state index in [2.05, 4.69) is 0 Å². The smallest absolute Gasteiger partial charge is 0.335 e. The molecule has 27 heavy (non-hydrogen) atoms. The van der Waals surface area contributed by atoms with Gasteiger partial charge in [0.25, 0.3) is 5.69 Å². The highest BCUT2D eigenvalue weighted by molar-refractivity contribution is 6.09. The van der Waals surface area contributed by atoms with Crippen LogP contribution in [0.1, 0.15) is 26.3 Å². The van der Waals surface area contributed by atoms with Crippen molar-refractivity contribution in [3.05, 3.63) is 99.6 Å². The molecule has 0 aliphatic rings. The van der Waals surface area contributed by atoms with E-state index in [0.29, 0.717) is 22.6 Å². The van der Waals surface area contributed by atoms with Gasteiger partial charge in [0.1, 0.15) is 11.5 Å². The molecular formula is C20H13NO6. The number of hydrogen-bond acceptors (Lipinski definition) is 5. The van der Waals surface area contributed by atoms with E-state index in [0.717, 1.165) is 0 Å². The van der Waals surface area contributed by atoms with Crippen molar-refractivity contribution in [2.75, 3.05) is 0 Å². The third-order valence-electron chi connectivity index (χ3n) is 3.79. The average molecular weight is 363 g/mol. The number of hydrogen-bond donors (Lipinski definition) is 1. The van der Waals surface area contributed by atoms with E-state index < -0.39 is 10.9 Å². The van der Waals surface area contributed by atoms with Crippen molar-refractivity contribution < 1.29 is 24.4 Å². The first kappa shape index (κ1) is 17.8. The van der Waals surface area contributed by atoms with E-state index in [-0.39, 0.29) is 17.0 Å². The van der Waals surface area contributed by atoms with E-state index in [4.69, 9.17) is 9.84 Å².